The molecule has 1 unspecified atom stereocenters. The third-order valence-corrected chi connectivity index (χ3v) is 5.59. The van der Waals surface area contributed by atoms with Gasteiger partial charge < -0.3 is 9.64 Å². The van der Waals surface area contributed by atoms with Crippen molar-refractivity contribution in [3.63, 3.8) is 0 Å². The number of hydrogen-bond acceptors (Lipinski definition) is 5. The Labute approximate surface area is 180 Å². The number of rotatable bonds is 5. The quantitative estimate of drug-likeness (QED) is 0.594. The fourth-order valence-corrected chi connectivity index (χ4v) is 4.06. The van der Waals surface area contributed by atoms with E-state index in [2.05, 4.69) is 4.98 Å². The van der Waals surface area contributed by atoms with Gasteiger partial charge in [0.15, 0.2) is 0 Å². The highest BCUT2D eigenvalue weighted by molar-refractivity contribution is 5.97. The van der Waals surface area contributed by atoms with Crippen molar-refractivity contribution in [3.8, 4) is 0 Å². The average molecular weight is 419 g/mol. The Balaban J connectivity index is 1.70. The van der Waals surface area contributed by atoms with E-state index in [0.717, 1.165) is 10.9 Å². The van der Waals surface area contributed by atoms with Crippen molar-refractivity contribution in [2.75, 3.05) is 19.7 Å². The SMILES string of the molecule is CCOC(=O)C1CCCN(C(=O)c2cc3cccnc3n(Cc3ccccc3)c2=O)C1. The van der Waals surface area contributed by atoms with Crippen LogP contribution in [0.5, 0.6) is 0 Å². The van der Waals surface area contributed by atoms with Gasteiger partial charge in [0.2, 0.25) is 0 Å². The van der Waals surface area contributed by atoms with E-state index in [9.17, 15) is 14.4 Å². The number of carbonyl (C=O) groups is 2. The van der Waals surface area contributed by atoms with E-state index in [4.69, 9.17) is 4.74 Å². The first-order valence-corrected chi connectivity index (χ1v) is 10.6. The van der Waals surface area contributed by atoms with Gasteiger partial charge in [-0.15, -0.1) is 0 Å². The molecule has 0 radical (unpaired) electrons. The molecule has 7 nitrogen and oxygen atoms in total. The molecule has 0 N–H and O–H groups in total. The molecule has 31 heavy (non-hydrogen) atoms. The fourth-order valence-electron chi connectivity index (χ4n) is 4.06. The van der Waals surface area contributed by atoms with Crippen LogP contribution in [0.1, 0.15) is 35.7 Å². The minimum Gasteiger partial charge on any atom is -0.466 e. The minimum absolute atomic E-state index is 0.0981. The molecule has 3 heterocycles. The highest BCUT2D eigenvalue weighted by Gasteiger charge is 2.31. The maximum absolute atomic E-state index is 13.4. The first-order chi connectivity index (χ1) is 15.1. The van der Waals surface area contributed by atoms with Crippen LogP contribution in [0.2, 0.25) is 0 Å². The van der Waals surface area contributed by atoms with E-state index in [0.29, 0.717) is 38.2 Å². The molecular formula is C24H25N3O4. The van der Waals surface area contributed by atoms with Crippen LogP contribution in [-0.4, -0.2) is 46.0 Å². The topological polar surface area (TPSA) is 81.5 Å². The van der Waals surface area contributed by atoms with Gasteiger partial charge in [0.05, 0.1) is 19.1 Å². The number of benzene rings is 1. The maximum atomic E-state index is 13.4. The number of amides is 1. The van der Waals surface area contributed by atoms with Crippen molar-refractivity contribution in [1.29, 1.82) is 0 Å². The summed E-state index contributed by atoms with van der Waals surface area (Å²) in [7, 11) is 0. The third kappa shape index (κ3) is 4.35. The lowest BCUT2D eigenvalue weighted by Gasteiger charge is -2.31. The second-order valence-electron chi connectivity index (χ2n) is 7.69. The van der Waals surface area contributed by atoms with Gasteiger partial charge in [0, 0.05) is 24.7 Å². The first kappa shape index (κ1) is 20.8. The van der Waals surface area contributed by atoms with Gasteiger partial charge in [-0.2, -0.15) is 0 Å². The van der Waals surface area contributed by atoms with Gasteiger partial charge in [0.25, 0.3) is 11.5 Å². The van der Waals surface area contributed by atoms with E-state index >= 15 is 0 Å². The molecule has 1 amide bonds. The summed E-state index contributed by atoms with van der Waals surface area (Å²) in [6, 6.07) is 14.8. The van der Waals surface area contributed by atoms with Crippen LogP contribution in [0, 0.1) is 5.92 Å². The number of aromatic nitrogens is 2. The van der Waals surface area contributed by atoms with Gasteiger partial charge >= 0.3 is 5.97 Å². The van der Waals surface area contributed by atoms with E-state index in [1.807, 2.05) is 36.4 Å². The van der Waals surface area contributed by atoms with Crippen LogP contribution in [0.3, 0.4) is 0 Å². The van der Waals surface area contributed by atoms with Crippen molar-refractivity contribution in [2.24, 2.45) is 5.92 Å². The molecule has 1 aliphatic rings. The summed E-state index contributed by atoms with van der Waals surface area (Å²) >= 11 is 0. The molecule has 0 spiro atoms. The van der Waals surface area contributed by atoms with Gasteiger partial charge in [-0.3, -0.25) is 19.0 Å². The second kappa shape index (κ2) is 9.12. The normalized spacial score (nSPS) is 16.3. The standard InChI is InChI=1S/C24H25N3O4/c1-2-31-24(30)19-11-7-13-26(16-19)22(28)20-14-18-10-6-12-25-21(18)27(23(20)29)15-17-8-4-3-5-9-17/h3-6,8-10,12,14,19H,2,7,11,13,15-16H2,1H3. The van der Waals surface area contributed by atoms with Crippen LogP contribution >= 0.6 is 0 Å². The first-order valence-electron chi connectivity index (χ1n) is 10.6. The number of likely N-dealkylation sites (tertiary alicyclic amines) is 1. The number of pyridine rings is 2. The Morgan fingerprint density at radius 1 is 1.16 bits per heavy atom. The molecule has 0 aliphatic carbocycles. The zero-order chi connectivity index (χ0) is 21.8. The summed E-state index contributed by atoms with van der Waals surface area (Å²) in [5.41, 5.74) is 1.21. The van der Waals surface area contributed by atoms with Gasteiger partial charge in [-0.05, 0) is 43.5 Å². The Bertz CT molecular complexity index is 1160. The second-order valence-corrected chi connectivity index (χ2v) is 7.69. The highest BCUT2D eigenvalue weighted by atomic mass is 16.5. The van der Waals surface area contributed by atoms with Crippen LogP contribution in [-0.2, 0) is 16.1 Å². The Kier molecular flexibility index (Phi) is 6.11. The summed E-state index contributed by atoms with van der Waals surface area (Å²) in [5, 5.41) is 0.723. The zero-order valence-corrected chi connectivity index (χ0v) is 17.5. The number of esters is 1. The van der Waals surface area contributed by atoms with Crippen molar-refractivity contribution in [2.45, 2.75) is 26.3 Å². The summed E-state index contributed by atoms with van der Waals surface area (Å²) in [6.07, 6.45) is 3.02. The molecule has 1 fully saturated rings. The van der Waals surface area contributed by atoms with Crippen molar-refractivity contribution in [1.82, 2.24) is 14.5 Å². The highest BCUT2D eigenvalue weighted by Crippen LogP contribution is 2.21. The summed E-state index contributed by atoms with van der Waals surface area (Å²) in [5.74, 6) is -0.998. The molecule has 0 bridgehead atoms. The molecular weight excluding hydrogens is 394 g/mol. The third-order valence-electron chi connectivity index (χ3n) is 5.59. The largest absolute Gasteiger partial charge is 0.466 e. The van der Waals surface area contributed by atoms with Crippen LogP contribution < -0.4 is 5.56 Å². The van der Waals surface area contributed by atoms with E-state index in [1.54, 1.807) is 34.7 Å². The average Bonchev–Trinajstić information content (AvgIpc) is 2.81. The predicted octanol–water partition coefficient (Wildman–Crippen LogP) is 2.86. The van der Waals surface area contributed by atoms with Crippen molar-refractivity contribution in [3.05, 3.63) is 76.2 Å². The molecule has 4 rings (SSSR count). The maximum Gasteiger partial charge on any atom is 0.310 e. The Hall–Kier alpha value is -3.48. The molecule has 7 heteroatoms. The molecule has 1 aliphatic heterocycles. The number of fused-ring (bicyclic) bond motifs is 1. The summed E-state index contributed by atoms with van der Waals surface area (Å²) in [6.45, 7) is 3.17. The zero-order valence-electron chi connectivity index (χ0n) is 17.5. The fraction of sp³-hybridized carbons (Fsp3) is 0.333. The molecule has 2 aromatic heterocycles. The number of nitrogens with zero attached hydrogens (tertiary/aromatic N) is 3. The smallest absolute Gasteiger partial charge is 0.310 e. The van der Waals surface area contributed by atoms with E-state index in [-0.39, 0.29) is 35.5 Å². The number of piperidine rings is 1. The van der Waals surface area contributed by atoms with Crippen LogP contribution in [0.4, 0.5) is 0 Å². The summed E-state index contributed by atoms with van der Waals surface area (Å²) in [4.78, 5) is 44.9. The number of hydrogen-bond donors (Lipinski definition) is 0. The lowest BCUT2D eigenvalue weighted by molar-refractivity contribution is -0.149. The summed E-state index contributed by atoms with van der Waals surface area (Å²) < 4.78 is 6.68. The van der Waals surface area contributed by atoms with E-state index < -0.39 is 0 Å². The number of carbonyl (C=O) groups excluding carboxylic acids is 2. The molecule has 160 valence electrons. The van der Waals surface area contributed by atoms with Gasteiger partial charge in [0.1, 0.15) is 11.2 Å². The lowest BCUT2D eigenvalue weighted by Crippen LogP contribution is -2.44. The minimum atomic E-state index is -0.377. The molecule has 3 aromatic rings. The van der Waals surface area contributed by atoms with Gasteiger partial charge in [-0.1, -0.05) is 30.3 Å². The molecule has 1 saturated heterocycles. The van der Waals surface area contributed by atoms with Crippen LogP contribution in [0.25, 0.3) is 11.0 Å². The Morgan fingerprint density at radius 2 is 1.97 bits per heavy atom. The molecule has 1 aromatic carbocycles. The number of ether oxygens (including phenoxy) is 1. The molecule has 1 atom stereocenters. The molecule has 0 saturated carbocycles. The van der Waals surface area contributed by atoms with Crippen LogP contribution in [0.15, 0.2) is 59.5 Å². The van der Waals surface area contributed by atoms with Gasteiger partial charge in [-0.25, -0.2) is 4.98 Å². The van der Waals surface area contributed by atoms with Crippen molar-refractivity contribution < 1.29 is 14.3 Å². The van der Waals surface area contributed by atoms with Crippen molar-refractivity contribution >= 4 is 22.9 Å². The van der Waals surface area contributed by atoms with E-state index in [1.165, 1.54) is 0 Å². The monoisotopic (exact) mass is 419 g/mol. The Morgan fingerprint density at radius 3 is 2.74 bits per heavy atom. The predicted molar refractivity (Wildman–Crippen MR) is 117 cm³/mol. The lowest BCUT2D eigenvalue weighted by atomic mass is 9.97.